The van der Waals surface area contributed by atoms with Crippen LogP contribution in [0.15, 0.2) is 36.4 Å². The van der Waals surface area contributed by atoms with Crippen LogP contribution in [0.1, 0.15) is 11.1 Å². The van der Waals surface area contributed by atoms with Crippen molar-refractivity contribution < 1.29 is 19.0 Å². The number of amides is 1. The van der Waals surface area contributed by atoms with Crippen molar-refractivity contribution in [3.8, 4) is 17.2 Å². The van der Waals surface area contributed by atoms with Gasteiger partial charge in [0.1, 0.15) is 12.4 Å². The summed E-state index contributed by atoms with van der Waals surface area (Å²) in [6.07, 6.45) is 0.619. The maximum Gasteiger partial charge on any atom is 0.227 e. The van der Waals surface area contributed by atoms with Gasteiger partial charge >= 0.3 is 0 Å². The molecule has 2 aromatic carbocycles. The third-order valence-electron chi connectivity index (χ3n) is 4.21. The predicted octanol–water partition coefficient (Wildman–Crippen LogP) is 3.22. The van der Waals surface area contributed by atoms with Gasteiger partial charge in [-0.15, -0.1) is 0 Å². The SMILES string of the molecule is COc1ccc(CNC(=O)[C@H]2COc3ccc(Cl)cc3C2)cc1OC. The average molecular weight is 362 g/mol. The molecule has 0 radical (unpaired) electrons. The molecule has 3 rings (SSSR count). The number of rotatable bonds is 5. The quantitative estimate of drug-likeness (QED) is 0.888. The van der Waals surface area contributed by atoms with Crippen LogP contribution >= 0.6 is 11.6 Å². The van der Waals surface area contributed by atoms with Gasteiger partial charge in [0.25, 0.3) is 0 Å². The van der Waals surface area contributed by atoms with Gasteiger partial charge in [-0.05, 0) is 47.9 Å². The highest BCUT2D eigenvalue weighted by Gasteiger charge is 2.26. The van der Waals surface area contributed by atoms with E-state index in [1.165, 1.54) is 0 Å². The standard InChI is InChI=1S/C19H20ClNO4/c1-23-17-5-3-12(7-18(17)24-2)10-21-19(22)14-8-13-9-15(20)4-6-16(13)25-11-14/h3-7,9,14H,8,10-11H2,1-2H3,(H,21,22)/t14-/m1/s1. The summed E-state index contributed by atoms with van der Waals surface area (Å²) in [4.78, 5) is 12.5. The molecular formula is C19H20ClNO4. The molecule has 1 atom stereocenters. The van der Waals surface area contributed by atoms with Crippen molar-refractivity contribution in [2.24, 2.45) is 5.92 Å². The van der Waals surface area contributed by atoms with E-state index in [1.807, 2.05) is 30.3 Å². The monoisotopic (exact) mass is 361 g/mol. The minimum atomic E-state index is -0.230. The third-order valence-corrected chi connectivity index (χ3v) is 4.45. The van der Waals surface area contributed by atoms with Crippen molar-refractivity contribution in [3.05, 3.63) is 52.5 Å². The number of methoxy groups -OCH3 is 2. The van der Waals surface area contributed by atoms with E-state index in [9.17, 15) is 4.79 Å². The highest BCUT2D eigenvalue weighted by molar-refractivity contribution is 6.30. The van der Waals surface area contributed by atoms with Gasteiger partial charge < -0.3 is 19.5 Å². The van der Waals surface area contributed by atoms with Crippen LogP contribution in [0.4, 0.5) is 0 Å². The lowest BCUT2D eigenvalue weighted by Crippen LogP contribution is -2.37. The molecule has 1 amide bonds. The molecule has 0 aromatic heterocycles. The van der Waals surface area contributed by atoms with Crippen molar-refractivity contribution in [1.29, 1.82) is 0 Å². The smallest absolute Gasteiger partial charge is 0.227 e. The number of carbonyl (C=O) groups excluding carboxylic acids is 1. The molecule has 1 N–H and O–H groups in total. The molecule has 1 heterocycles. The van der Waals surface area contributed by atoms with Crippen molar-refractivity contribution in [2.75, 3.05) is 20.8 Å². The molecule has 25 heavy (non-hydrogen) atoms. The third kappa shape index (κ3) is 3.99. The zero-order valence-electron chi connectivity index (χ0n) is 14.2. The molecule has 132 valence electrons. The lowest BCUT2D eigenvalue weighted by molar-refractivity contribution is -0.126. The lowest BCUT2D eigenvalue weighted by atomic mass is 9.96. The van der Waals surface area contributed by atoms with Crippen molar-refractivity contribution in [2.45, 2.75) is 13.0 Å². The summed E-state index contributed by atoms with van der Waals surface area (Å²) in [5.74, 6) is 1.82. The fraction of sp³-hybridized carbons (Fsp3) is 0.316. The second-order valence-electron chi connectivity index (χ2n) is 5.87. The maximum absolute atomic E-state index is 12.5. The Morgan fingerprint density at radius 1 is 1.20 bits per heavy atom. The van der Waals surface area contributed by atoms with E-state index >= 15 is 0 Å². The molecule has 0 saturated carbocycles. The number of fused-ring (bicyclic) bond motifs is 1. The van der Waals surface area contributed by atoms with E-state index in [4.69, 9.17) is 25.8 Å². The van der Waals surface area contributed by atoms with E-state index < -0.39 is 0 Å². The van der Waals surface area contributed by atoms with E-state index in [0.717, 1.165) is 16.9 Å². The molecule has 1 aliphatic heterocycles. The zero-order valence-corrected chi connectivity index (χ0v) is 14.9. The van der Waals surface area contributed by atoms with Gasteiger partial charge in [-0.3, -0.25) is 4.79 Å². The summed E-state index contributed by atoms with van der Waals surface area (Å²) < 4.78 is 16.2. The predicted molar refractivity (Wildman–Crippen MR) is 95.5 cm³/mol. The fourth-order valence-corrected chi connectivity index (χ4v) is 3.05. The normalized spacial score (nSPS) is 15.7. The number of ether oxygens (including phenoxy) is 3. The second-order valence-corrected chi connectivity index (χ2v) is 6.31. The molecule has 0 fully saturated rings. The molecule has 0 aliphatic carbocycles. The van der Waals surface area contributed by atoms with Crippen molar-refractivity contribution >= 4 is 17.5 Å². The highest BCUT2D eigenvalue weighted by atomic mass is 35.5. The van der Waals surface area contributed by atoms with Gasteiger partial charge in [0, 0.05) is 11.6 Å². The van der Waals surface area contributed by atoms with Crippen LogP contribution in [0.3, 0.4) is 0 Å². The summed E-state index contributed by atoms with van der Waals surface area (Å²) in [7, 11) is 3.18. The Morgan fingerprint density at radius 2 is 2.00 bits per heavy atom. The number of hydrogen-bond acceptors (Lipinski definition) is 4. The summed E-state index contributed by atoms with van der Waals surface area (Å²) in [6.45, 7) is 0.782. The van der Waals surface area contributed by atoms with Gasteiger partial charge in [-0.25, -0.2) is 0 Å². The first-order valence-corrected chi connectivity index (χ1v) is 8.38. The van der Waals surface area contributed by atoms with Crippen molar-refractivity contribution in [3.63, 3.8) is 0 Å². The molecule has 6 heteroatoms. The van der Waals surface area contributed by atoms with Gasteiger partial charge in [0.2, 0.25) is 5.91 Å². The Bertz CT molecular complexity index is 778. The first kappa shape index (κ1) is 17.4. The number of benzene rings is 2. The van der Waals surface area contributed by atoms with Crippen LogP contribution < -0.4 is 19.5 Å². The fourth-order valence-electron chi connectivity index (χ4n) is 2.86. The zero-order chi connectivity index (χ0) is 17.8. The first-order chi connectivity index (χ1) is 12.1. The number of nitrogens with one attached hydrogen (secondary N) is 1. The summed E-state index contributed by atoms with van der Waals surface area (Å²) in [5, 5.41) is 3.60. The molecular weight excluding hydrogens is 342 g/mol. The molecule has 0 saturated heterocycles. The van der Waals surface area contributed by atoms with Crippen LogP contribution in [0.25, 0.3) is 0 Å². The largest absolute Gasteiger partial charge is 0.493 e. The van der Waals surface area contributed by atoms with Gasteiger partial charge in [-0.2, -0.15) is 0 Å². The maximum atomic E-state index is 12.5. The van der Waals surface area contributed by atoms with Crippen LogP contribution in [0, 0.1) is 5.92 Å². The number of carbonyl (C=O) groups is 1. The van der Waals surface area contributed by atoms with E-state index in [0.29, 0.717) is 36.1 Å². The summed E-state index contributed by atoms with van der Waals surface area (Å²) in [5.41, 5.74) is 1.90. The Kier molecular flexibility index (Phi) is 5.34. The lowest BCUT2D eigenvalue weighted by Gasteiger charge is -2.24. The number of hydrogen-bond donors (Lipinski definition) is 1. The molecule has 0 spiro atoms. The van der Waals surface area contributed by atoms with Crippen molar-refractivity contribution in [1.82, 2.24) is 5.32 Å². The number of halogens is 1. The Morgan fingerprint density at radius 3 is 2.76 bits per heavy atom. The Balaban J connectivity index is 1.62. The Labute approximate surface area is 151 Å². The highest BCUT2D eigenvalue weighted by Crippen LogP contribution is 2.30. The molecule has 0 bridgehead atoms. The van der Waals surface area contributed by atoms with Gasteiger partial charge in [0.15, 0.2) is 11.5 Å². The van der Waals surface area contributed by atoms with E-state index in [-0.39, 0.29) is 11.8 Å². The molecule has 0 unspecified atom stereocenters. The minimum Gasteiger partial charge on any atom is -0.493 e. The summed E-state index contributed by atoms with van der Waals surface area (Å²) in [6, 6.07) is 11.1. The second kappa shape index (κ2) is 7.66. The minimum absolute atomic E-state index is 0.0413. The topological polar surface area (TPSA) is 56.8 Å². The van der Waals surface area contributed by atoms with Crippen LogP contribution in [0.2, 0.25) is 5.02 Å². The van der Waals surface area contributed by atoms with E-state index in [2.05, 4.69) is 5.32 Å². The van der Waals surface area contributed by atoms with Crippen LogP contribution in [-0.2, 0) is 17.8 Å². The summed E-state index contributed by atoms with van der Waals surface area (Å²) >= 11 is 6.02. The van der Waals surface area contributed by atoms with Crippen LogP contribution in [0.5, 0.6) is 17.2 Å². The van der Waals surface area contributed by atoms with Crippen LogP contribution in [-0.4, -0.2) is 26.7 Å². The molecule has 5 nitrogen and oxygen atoms in total. The van der Waals surface area contributed by atoms with Gasteiger partial charge in [0.05, 0.1) is 20.1 Å². The molecule has 2 aromatic rings. The van der Waals surface area contributed by atoms with Gasteiger partial charge in [-0.1, -0.05) is 17.7 Å². The van der Waals surface area contributed by atoms with E-state index in [1.54, 1.807) is 20.3 Å². The molecule has 1 aliphatic rings. The average Bonchev–Trinajstić information content (AvgIpc) is 2.65. The Hall–Kier alpha value is -2.40. The first-order valence-electron chi connectivity index (χ1n) is 8.00.